The Labute approximate surface area is 247 Å². The van der Waals surface area contributed by atoms with E-state index in [0.717, 1.165) is 43.3 Å². The molecule has 3 saturated heterocycles. The summed E-state index contributed by atoms with van der Waals surface area (Å²) >= 11 is 8.13. The van der Waals surface area contributed by atoms with Gasteiger partial charge in [0.15, 0.2) is 5.82 Å². The Morgan fingerprint density at radius 3 is 2.61 bits per heavy atom. The molecule has 4 atom stereocenters. The number of nitrogens with two attached hydrogens (primary N) is 1. The lowest BCUT2D eigenvalue weighted by atomic mass is 9.73. The highest BCUT2D eigenvalue weighted by Gasteiger charge is 2.47. The smallest absolute Gasteiger partial charge is 0.227 e. The molecule has 3 N–H and O–H groups in total. The van der Waals surface area contributed by atoms with Crippen molar-refractivity contribution >= 4 is 46.8 Å². The second kappa shape index (κ2) is 11.8. The fourth-order valence-corrected chi connectivity index (χ4v) is 6.72. The number of hydrogen-bond acceptors (Lipinski definition) is 12. The van der Waals surface area contributed by atoms with Crippen LogP contribution in [0.2, 0.25) is 5.02 Å². The summed E-state index contributed by atoms with van der Waals surface area (Å²) in [6, 6.07) is 3.61. The van der Waals surface area contributed by atoms with Crippen LogP contribution in [0.3, 0.4) is 0 Å². The lowest BCUT2D eigenvalue weighted by Gasteiger charge is -2.41. The number of rotatable bonds is 7. The maximum atomic E-state index is 14.2. The summed E-state index contributed by atoms with van der Waals surface area (Å²) in [5, 5.41) is 4.30. The minimum atomic E-state index is -1.09. The standard InChI is InChI=1S/C27H33ClFN9O2S/c1-16-24(30)27(15-40-16)5-9-37(10-6-27)21-11-34-22(12-33-21)41-19-3-7-31-25(23(19)28)35-20-4-8-32-26(36-20)38-13-17(29)18(14-38)39-2/h3-4,7-8,11-12,16-18,24H,5-6,9-10,13-15,30H2,1-2H3,(H,31,32,35,36)/t16-,17-,18+,24+/m0/s1. The summed E-state index contributed by atoms with van der Waals surface area (Å²) in [6.07, 6.45) is 7.32. The molecule has 14 heteroatoms. The molecule has 0 aromatic carbocycles. The molecule has 1 spiro atoms. The molecule has 0 bridgehead atoms. The van der Waals surface area contributed by atoms with Crippen molar-refractivity contribution in [1.82, 2.24) is 24.9 Å². The van der Waals surface area contributed by atoms with Crippen LogP contribution in [0.4, 0.5) is 27.8 Å². The first-order valence-corrected chi connectivity index (χ1v) is 14.8. The number of nitrogens with one attached hydrogen (secondary N) is 1. The van der Waals surface area contributed by atoms with Crippen molar-refractivity contribution in [2.75, 3.05) is 55.0 Å². The Kier molecular flexibility index (Phi) is 8.14. The second-order valence-electron chi connectivity index (χ2n) is 10.7. The molecule has 41 heavy (non-hydrogen) atoms. The molecule has 0 radical (unpaired) electrons. The first-order valence-electron chi connectivity index (χ1n) is 13.6. The minimum Gasteiger partial charge on any atom is -0.377 e. The van der Waals surface area contributed by atoms with Crippen molar-refractivity contribution in [2.24, 2.45) is 11.1 Å². The number of ether oxygens (including phenoxy) is 2. The number of pyridine rings is 1. The highest BCUT2D eigenvalue weighted by molar-refractivity contribution is 7.99. The van der Waals surface area contributed by atoms with Gasteiger partial charge in [-0.1, -0.05) is 23.4 Å². The molecule has 3 aromatic heterocycles. The van der Waals surface area contributed by atoms with E-state index in [1.165, 1.54) is 18.9 Å². The van der Waals surface area contributed by atoms with E-state index in [2.05, 4.69) is 42.1 Å². The van der Waals surface area contributed by atoms with Gasteiger partial charge in [-0.3, -0.25) is 0 Å². The van der Waals surface area contributed by atoms with Crippen LogP contribution in [0, 0.1) is 5.41 Å². The van der Waals surface area contributed by atoms with Gasteiger partial charge in [0.2, 0.25) is 5.95 Å². The molecule has 3 aliphatic rings. The van der Waals surface area contributed by atoms with Gasteiger partial charge in [-0.25, -0.2) is 24.3 Å². The van der Waals surface area contributed by atoms with E-state index in [9.17, 15) is 4.39 Å². The van der Waals surface area contributed by atoms with Gasteiger partial charge in [0, 0.05) is 48.9 Å². The largest absolute Gasteiger partial charge is 0.377 e. The van der Waals surface area contributed by atoms with E-state index < -0.39 is 12.3 Å². The van der Waals surface area contributed by atoms with Gasteiger partial charge < -0.3 is 30.3 Å². The van der Waals surface area contributed by atoms with Crippen LogP contribution < -0.4 is 20.9 Å². The zero-order valence-electron chi connectivity index (χ0n) is 22.9. The number of halogens is 2. The molecule has 3 fully saturated rings. The average Bonchev–Trinajstić information content (AvgIpc) is 3.51. The van der Waals surface area contributed by atoms with Gasteiger partial charge in [0.1, 0.15) is 28.9 Å². The van der Waals surface area contributed by atoms with E-state index in [4.69, 9.17) is 26.8 Å². The molecule has 6 heterocycles. The third-order valence-corrected chi connectivity index (χ3v) is 9.76. The minimum absolute atomic E-state index is 0.0645. The maximum absolute atomic E-state index is 14.2. The first kappa shape index (κ1) is 28.3. The predicted molar refractivity (Wildman–Crippen MR) is 156 cm³/mol. The van der Waals surface area contributed by atoms with Crippen molar-refractivity contribution in [2.45, 2.75) is 54.1 Å². The van der Waals surface area contributed by atoms with E-state index in [-0.39, 0.29) is 24.1 Å². The Balaban J connectivity index is 1.09. The average molecular weight is 602 g/mol. The van der Waals surface area contributed by atoms with Gasteiger partial charge in [0.25, 0.3) is 0 Å². The number of aromatic nitrogens is 5. The van der Waals surface area contributed by atoms with Crippen molar-refractivity contribution in [3.8, 4) is 0 Å². The molecule has 11 nitrogen and oxygen atoms in total. The number of piperidine rings is 1. The monoisotopic (exact) mass is 601 g/mol. The van der Waals surface area contributed by atoms with Crippen LogP contribution >= 0.6 is 23.4 Å². The second-order valence-corrected chi connectivity index (χ2v) is 12.2. The summed E-state index contributed by atoms with van der Waals surface area (Å²) in [5.74, 6) is 2.19. The molecular formula is C27H33ClFN9O2S. The summed E-state index contributed by atoms with van der Waals surface area (Å²) in [5.41, 5.74) is 6.52. The molecule has 0 amide bonds. The first-order chi connectivity index (χ1) is 19.8. The van der Waals surface area contributed by atoms with Crippen LogP contribution in [-0.4, -0.2) is 89.2 Å². The van der Waals surface area contributed by atoms with Crippen LogP contribution in [-0.2, 0) is 9.47 Å². The van der Waals surface area contributed by atoms with E-state index in [1.54, 1.807) is 35.8 Å². The lowest BCUT2D eigenvalue weighted by Crippen LogP contribution is -2.50. The van der Waals surface area contributed by atoms with Gasteiger partial charge >= 0.3 is 0 Å². The zero-order valence-corrected chi connectivity index (χ0v) is 24.5. The van der Waals surface area contributed by atoms with Gasteiger partial charge in [-0.15, -0.1) is 0 Å². The van der Waals surface area contributed by atoms with Crippen molar-refractivity contribution < 1.29 is 13.9 Å². The summed E-state index contributed by atoms with van der Waals surface area (Å²) in [7, 11) is 1.50. The van der Waals surface area contributed by atoms with Crippen LogP contribution in [0.5, 0.6) is 0 Å². The van der Waals surface area contributed by atoms with E-state index >= 15 is 0 Å². The Morgan fingerprint density at radius 2 is 1.93 bits per heavy atom. The molecule has 3 aromatic rings. The Hall–Kier alpha value is -2.84. The highest BCUT2D eigenvalue weighted by atomic mass is 35.5. The van der Waals surface area contributed by atoms with E-state index in [0.29, 0.717) is 34.2 Å². The van der Waals surface area contributed by atoms with Crippen LogP contribution in [0.25, 0.3) is 0 Å². The molecule has 0 saturated carbocycles. The Bertz CT molecular complexity index is 1360. The van der Waals surface area contributed by atoms with Gasteiger partial charge in [-0.05, 0) is 31.9 Å². The van der Waals surface area contributed by atoms with E-state index in [1.807, 2.05) is 6.07 Å². The quantitative estimate of drug-likeness (QED) is 0.410. The molecule has 0 aliphatic carbocycles. The predicted octanol–water partition coefficient (Wildman–Crippen LogP) is 3.72. The van der Waals surface area contributed by atoms with Crippen molar-refractivity contribution in [3.63, 3.8) is 0 Å². The third-order valence-electron chi connectivity index (χ3n) is 8.29. The van der Waals surface area contributed by atoms with Crippen molar-refractivity contribution in [1.29, 1.82) is 0 Å². The van der Waals surface area contributed by atoms with Crippen molar-refractivity contribution in [3.05, 3.63) is 41.9 Å². The summed E-state index contributed by atoms with van der Waals surface area (Å²) in [4.78, 5) is 27.3. The fourth-order valence-electron chi connectivity index (χ4n) is 5.70. The van der Waals surface area contributed by atoms with Crippen LogP contribution in [0.15, 0.2) is 46.8 Å². The summed E-state index contributed by atoms with van der Waals surface area (Å²) < 4.78 is 25.2. The highest BCUT2D eigenvalue weighted by Crippen LogP contribution is 2.42. The molecule has 3 aliphatic heterocycles. The zero-order chi connectivity index (χ0) is 28.6. The normalized spacial score (nSPS) is 25.7. The SMILES string of the molecule is CO[C@@H]1CN(c2nccc(Nc3nccc(Sc4cnc(N5CCC6(CC5)CO[C@@H](C)[C@H]6N)cn4)c3Cl)n2)C[C@@H]1F. The Morgan fingerprint density at radius 1 is 1.12 bits per heavy atom. The summed E-state index contributed by atoms with van der Waals surface area (Å²) in [6.45, 7) is 5.10. The number of nitrogens with zero attached hydrogens (tertiary/aromatic N) is 7. The molecular weight excluding hydrogens is 569 g/mol. The number of anilines is 4. The van der Waals surface area contributed by atoms with Gasteiger partial charge in [-0.2, -0.15) is 4.98 Å². The topological polar surface area (TPSA) is 127 Å². The molecule has 6 rings (SSSR count). The van der Waals surface area contributed by atoms with Gasteiger partial charge in [0.05, 0.1) is 43.2 Å². The number of hydrogen-bond donors (Lipinski definition) is 2. The maximum Gasteiger partial charge on any atom is 0.227 e. The number of alkyl halides is 1. The molecule has 218 valence electrons. The van der Waals surface area contributed by atoms with Crippen LogP contribution in [0.1, 0.15) is 19.8 Å². The molecule has 0 unspecified atom stereocenters. The lowest BCUT2D eigenvalue weighted by molar-refractivity contribution is 0.0650. The number of methoxy groups -OCH3 is 1. The third kappa shape index (κ3) is 5.78. The fraction of sp³-hybridized carbons (Fsp3) is 0.519.